The first-order valence-corrected chi connectivity index (χ1v) is 4.70. The third kappa shape index (κ3) is 2.18. The molecule has 0 saturated carbocycles. The molecule has 0 radical (unpaired) electrons. The zero-order valence-corrected chi connectivity index (χ0v) is 9.19. The second kappa shape index (κ2) is 5.12. The number of halogens is 3. The van der Waals surface area contributed by atoms with E-state index < -0.39 is 23.2 Å². The van der Waals surface area contributed by atoms with Crippen molar-refractivity contribution >= 4 is 12.0 Å². The van der Waals surface area contributed by atoms with Crippen molar-refractivity contribution in [3.05, 3.63) is 35.9 Å². The number of isocyanates is 1. The average Bonchev–Trinajstić information content (AvgIpc) is 2.30. The van der Waals surface area contributed by atoms with E-state index in [0.29, 0.717) is 0 Å². The third-order valence-electron chi connectivity index (χ3n) is 2.33. The Morgan fingerprint density at radius 3 is 2.22 bits per heavy atom. The van der Waals surface area contributed by atoms with Crippen LogP contribution in [-0.2, 0) is 19.9 Å². The van der Waals surface area contributed by atoms with Crippen LogP contribution in [0.25, 0.3) is 0 Å². The Morgan fingerprint density at radius 2 is 1.83 bits per heavy atom. The molecule has 0 N–H and O–H groups in total. The maximum atomic E-state index is 13.1. The van der Waals surface area contributed by atoms with Crippen molar-refractivity contribution in [2.24, 2.45) is 4.99 Å². The molecular formula is C11H8F3NO3. The summed E-state index contributed by atoms with van der Waals surface area (Å²) in [6, 6.07) is 6.23. The van der Waals surface area contributed by atoms with E-state index in [-0.39, 0.29) is 0 Å². The fourth-order valence-corrected chi connectivity index (χ4v) is 1.52. The van der Waals surface area contributed by atoms with Crippen molar-refractivity contribution in [2.75, 3.05) is 7.11 Å². The van der Waals surface area contributed by atoms with Gasteiger partial charge in [-0.05, 0) is 0 Å². The van der Waals surface area contributed by atoms with Crippen molar-refractivity contribution in [3.8, 4) is 0 Å². The molecule has 4 nitrogen and oxygen atoms in total. The summed E-state index contributed by atoms with van der Waals surface area (Å²) < 4.78 is 43.7. The molecule has 0 saturated heterocycles. The Labute approximate surface area is 100 Å². The van der Waals surface area contributed by atoms with Gasteiger partial charge in [0.25, 0.3) is 5.60 Å². The molecular weight excluding hydrogens is 251 g/mol. The van der Waals surface area contributed by atoms with Gasteiger partial charge >= 0.3 is 12.1 Å². The van der Waals surface area contributed by atoms with Crippen molar-refractivity contribution in [1.29, 1.82) is 0 Å². The van der Waals surface area contributed by atoms with Crippen LogP contribution < -0.4 is 0 Å². The van der Waals surface area contributed by atoms with Crippen LogP contribution in [0.1, 0.15) is 5.56 Å². The van der Waals surface area contributed by atoms with Gasteiger partial charge in [-0.25, -0.2) is 4.79 Å². The number of carbonyl (C=O) groups is 1. The molecule has 0 spiro atoms. The standard InChI is InChI=1S/C11H8F3NO3/c1-18-10(11(12,13)14,9(17)15-7-16)8-5-3-2-4-6-8/h2-6H,1H3/t10-/m1/s1. The Hall–Kier alpha value is -1.98. The predicted molar refractivity (Wildman–Crippen MR) is 54.3 cm³/mol. The first kappa shape index (κ1) is 14.1. The highest BCUT2D eigenvalue weighted by Gasteiger charge is 2.62. The zero-order chi connectivity index (χ0) is 13.8. The Kier molecular flexibility index (Phi) is 4.00. The highest BCUT2D eigenvalue weighted by molar-refractivity contribution is 5.91. The van der Waals surface area contributed by atoms with E-state index in [2.05, 4.69) is 9.73 Å². The lowest BCUT2D eigenvalue weighted by molar-refractivity contribution is -0.264. The molecule has 0 unspecified atom stereocenters. The van der Waals surface area contributed by atoms with Crippen LogP contribution in [0.5, 0.6) is 0 Å². The van der Waals surface area contributed by atoms with Gasteiger partial charge in [-0.1, -0.05) is 30.3 Å². The van der Waals surface area contributed by atoms with E-state index in [0.717, 1.165) is 25.3 Å². The van der Waals surface area contributed by atoms with Gasteiger partial charge in [0.05, 0.1) is 0 Å². The molecule has 1 amide bonds. The normalized spacial score (nSPS) is 14.4. The summed E-state index contributed by atoms with van der Waals surface area (Å²) in [4.78, 5) is 24.0. The lowest BCUT2D eigenvalue weighted by atomic mass is 9.92. The Bertz CT molecular complexity index is 480. The second-order valence-electron chi connectivity index (χ2n) is 3.26. The van der Waals surface area contributed by atoms with Gasteiger partial charge in [0.15, 0.2) is 0 Å². The second-order valence-corrected chi connectivity index (χ2v) is 3.26. The van der Waals surface area contributed by atoms with Crippen LogP contribution in [0.15, 0.2) is 35.3 Å². The van der Waals surface area contributed by atoms with E-state index >= 15 is 0 Å². The molecule has 0 aliphatic carbocycles. The minimum atomic E-state index is -5.06. The number of ether oxygens (including phenoxy) is 1. The smallest absolute Gasteiger partial charge is 0.356 e. The number of methoxy groups -OCH3 is 1. The summed E-state index contributed by atoms with van der Waals surface area (Å²) in [5.74, 6) is -1.77. The van der Waals surface area contributed by atoms with Crippen LogP contribution in [0.2, 0.25) is 0 Å². The van der Waals surface area contributed by atoms with Crippen molar-refractivity contribution in [2.45, 2.75) is 11.8 Å². The maximum Gasteiger partial charge on any atom is 0.431 e. The third-order valence-corrected chi connectivity index (χ3v) is 2.33. The van der Waals surface area contributed by atoms with Crippen LogP contribution in [0.4, 0.5) is 13.2 Å². The highest BCUT2D eigenvalue weighted by Crippen LogP contribution is 2.42. The largest absolute Gasteiger partial charge is 0.431 e. The minimum absolute atomic E-state index is 0.455. The van der Waals surface area contributed by atoms with Crippen molar-refractivity contribution < 1.29 is 27.5 Å². The molecule has 0 aliphatic heterocycles. The molecule has 96 valence electrons. The molecule has 0 bridgehead atoms. The predicted octanol–water partition coefficient (Wildman–Crippen LogP) is 1.95. The molecule has 0 aromatic heterocycles. The zero-order valence-electron chi connectivity index (χ0n) is 9.19. The number of amides is 1. The first-order chi connectivity index (χ1) is 8.40. The summed E-state index contributed by atoms with van der Waals surface area (Å²) >= 11 is 0. The highest BCUT2D eigenvalue weighted by atomic mass is 19.4. The SMILES string of the molecule is CO[C@@](C(=O)N=C=O)(c1ccccc1)C(F)(F)F. The fourth-order valence-electron chi connectivity index (χ4n) is 1.52. The molecule has 1 rings (SSSR count). The molecule has 0 aliphatic rings. The molecule has 1 aromatic carbocycles. The molecule has 0 heterocycles. The van der Waals surface area contributed by atoms with Crippen molar-refractivity contribution in [1.82, 2.24) is 0 Å². The number of hydrogen-bond donors (Lipinski definition) is 0. The summed E-state index contributed by atoms with van der Waals surface area (Å²) in [6.07, 6.45) is -4.26. The van der Waals surface area contributed by atoms with Crippen LogP contribution in [0.3, 0.4) is 0 Å². The van der Waals surface area contributed by atoms with Gasteiger partial charge in [0, 0.05) is 12.7 Å². The van der Waals surface area contributed by atoms with E-state index in [1.807, 2.05) is 0 Å². The van der Waals surface area contributed by atoms with Gasteiger partial charge in [-0.2, -0.15) is 13.2 Å². The molecule has 18 heavy (non-hydrogen) atoms. The van der Waals surface area contributed by atoms with Crippen LogP contribution >= 0.6 is 0 Å². The maximum absolute atomic E-state index is 13.1. The van der Waals surface area contributed by atoms with Crippen LogP contribution in [-0.4, -0.2) is 25.3 Å². The van der Waals surface area contributed by atoms with Gasteiger partial charge < -0.3 is 4.74 Å². The summed E-state index contributed by atoms with van der Waals surface area (Å²) in [5.41, 5.74) is -3.74. The van der Waals surface area contributed by atoms with Gasteiger partial charge in [0.2, 0.25) is 6.08 Å². The molecule has 0 fully saturated rings. The number of benzene rings is 1. The van der Waals surface area contributed by atoms with Gasteiger partial charge in [-0.3, -0.25) is 4.79 Å². The quantitative estimate of drug-likeness (QED) is 0.615. The van der Waals surface area contributed by atoms with E-state index in [1.165, 1.54) is 18.2 Å². The van der Waals surface area contributed by atoms with Gasteiger partial charge in [0.1, 0.15) is 0 Å². The molecule has 1 aromatic rings. The number of hydrogen-bond acceptors (Lipinski definition) is 3. The Morgan fingerprint density at radius 1 is 1.28 bits per heavy atom. The summed E-state index contributed by atoms with van der Waals surface area (Å²) in [5, 5.41) is 0. The number of aliphatic imine (C=N–C) groups is 1. The topological polar surface area (TPSA) is 55.7 Å². The number of carbonyl (C=O) groups excluding carboxylic acids is 2. The summed E-state index contributed by atoms with van der Waals surface area (Å²) in [7, 11) is 0.721. The van der Waals surface area contributed by atoms with E-state index in [4.69, 9.17) is 0 Å². The van der Waals surface area contributed by atoms with Gasteiger partial charge in [-0.15, -0.1) is 4.99 Å². The van der Waals surface area contributed by atoms with Crippen molar-refractivity contribution in [3.63, 3.8) is 0 Å². The number of nitrogens with zero attached hydrogens (tertiary/aromatic N) is 1. The fraction of sp³-hybridized carbons (Fsp3) is 0.273. The Balaban J connectivity index is 3.52. The summed E-state index contributed by atoms with van der Waals surface area (Å²) in [6.45, 7) is 0. The lowest BCUT2D eigenvalue weighted by Crippen LogP contribution is -2.50. The lowest BCUT2D eigenvalue weighted by Gasteiger charge is -2.30. The van der Waals surface area contributed by atoms with Crippen LogP contribution in [0, 0.1) is 0 Å². The molecule has 7 heteroatoms. The number of alkyl halides is 3. The number of rotatable bonds is 3. The first-order valence-electron chi connectivity index (χ1n) is 4.70. The average molecular weight is 259 g/mol. The van der Waals surface area contributed by atoms with E-state index in [1.54, 1.807) is 0 Å². The molecule has 1 atom stereocenters. The van der Waals surface area contributed by atoms with E-state index in [9.17, 15) is 22.8 Å². The minimum Gasteiger partial charge on any atom is -0.356 e. The monoisotopic (exact) mass is 259 g/mol.